The van der Waals surface area contributed by atoms with Crippen molar-refractivity contribution in [2.24, 2.45) is 0 Å². The number of nitrogens with one attached hydrogen (secondary N) is 3. The molecule has 1 amide bonds. The van der Waals surface area contributed by atoms with E-state index in [0.29, 0.717) is 18.1 Å². The number of hydrogen-bond acceptors (Lipinski definition) is 4. The molecule has 19 heavy (non-hydrogen) atoms. The molecule has 0 bridgehead atoms. The van der Waals surface area contributed by atoms with Crippen LogP contribution in [0.15, 0.2) is 24.7 Å². The average Bonchev–Trinajstić information content (AvgIpc) is 2.90. The minimum atomic E-state index is -0.556. The van der Waals surface area contributed by atoms with Crippen LogP contribution in [0.4, 0.5) is 15.9 Å². The molecule has 0 saturated carbocycles. The molecule has 0 fully saturated rings. The predicted molar refractivity (Wildman–Crippen MR) is 69.5 cm³/mol. The van der Waals surface area contributed by atoms with Gasteiger partial charge in [-0.1, -0.05) is 6.92 Å². The molecule has 0 aliphatic rings. The van der Waals surface area contributed by atoms with Gasteiger partial charge in [0.05, 0.1) is 23.6 Å². The molecule has 0 unspecified atom stereocenters. The molecule has 3 N–H and O–H groups in total. The van der Waals surface area contributed by atoms with E-state index in [4.69, 9.17) is 0 Å². The standard InChI is InChI=1S/C12H14FN5O/c1-2-3-14-11-10(4-8(13)5-15-11)12(19)18-9-6-16-17-7-9/h4-7H,2-3H2,1H3,(H,14,15)(H,16,17)(H,18,19). The number of carbonyl (C=O) groups is 1. The number of pyridine rings is 1. The molecule has 0 spiro atoms. The highest BCUT2D eigenvalue weighted by Crippen LogP contribution is 2.15. The van der Waals surface area contributed by atoms with Crippen LogP contribution in [0.2, 0.25) is 0 Å². The predicted octanol–water partition coefficient (Wildman–Crippen LogP) is 2.02. The average molecular weight is 263 g/mol. The number of anilines is 2. The molecule has 0 saturated heterocycles. The highest BCUT2D eigenvalue weighted by molar-refractivity contribution is 6.07. The molecular weight excluding hydrogens is 249 g/mol. The zero-order valence-electron chi connectivity index (χ0n) is 10.4. The van der Waals surface area contributed by atoms with Crippen molar-refractivity contribution in [3.63, 3.8) is 0 Å². The smallest absolute Gasteiger partial charge is 0.259 e. The van der Waals surface area contributed by atoms with Crippen molar-refractivity contribution in [3.05, 3.63) is 36.0 Å². The maximum Gasteiger partial charge on any atom is 0.259 e. The zero-order chi connectivity index (χ0) is 13.7. The number of aromatic nitrogens is 3. The third kappa shape index (κ3) is 3.27. The molecule has 0 aliphatic heterocycles. The van der Waals surface area contributed by atoms with Crippen molar-refractivity contribution in [3.8, 4) is 0 Å². The van der Waals surface area contributed by atoms with Crippen molar-refractivity contribution in [2.45, 2.75) is 13.3 Å². The number of H-pyrrole nitrogens is 1. The molecule has 2 rings (SSSR count). The Hall–Kier alpha value is -2.44. The fraction of sp³-hybridized carbons (Fsp3) is 0.250. The van der Waals surface area contributed by atoms with Gasteiger partial charge in [-0.05, 0) is 12.5 Å². The van der Waals surface area contributed by atoms with Crippen LogP contribution in [0.3, 0.4) is 0 Å². The number of rotatable bonds is 5. The molecule has 0 aromatic carbocycles. The van der Waals surface area contributed by atoms with Crippen molar-refractivity contribution >= 4 is 17.4 Å². The number of hydrogen-bond donors (Lipinski definition) is 3. The van der Waals surface area contributed by atoms with Gasteiger partial charge in [-0.3, -0.25) is 9.89 Å². The molecule has 2 heterocycles. The summed E-state index contributed by atoms with van der Waals surface area (Å²) in [4.78, 5) is 15.9. The van der Waals surface area contributed by atoms with Crippen LogP contribution >= 0.6 is 0 Å². The molecule has 0 aliphatic carbocycles. The number of amides is 1. The van der Waals surface area contributed by atoms with E-state index < -0.39 is 11.7 Å². The third-order valence-corrected chi connectivity index (χ3v) is 2.40. The summed E-state index contributed by atoms with van der Waals surface area (Å²) in [6.07, 6.45) is 4.95. The summed E-state index contributed by atoms with van der Waals surface area (Å²) in [5.74, 6) is -0.629. The van der Waals surface area contributed by atoms with Crippen molar-refractivity contribution in [2.75, 3.05) is 17.2 Å². The van der Waals surface area contributed by atoms with Gasteiger partial charge in [0.2, 0.25) is 0 Å². The van der Waals surface area contributed by atoms with Crippen molar-refractivity contribution < 1.29 is 9.18 Å². The highest BCUT2D eigenvalue weighted by Gasteiger charge is 2.14. The van der Waals surface area contributed by atoms with E-state index in [1.807, 2.05) is 6.92 Å². The first kappa shape index (κ1) is 13.0. The van der Waals surface area contributed by atoms with Gasteiger partial charge in [0, 0.05) is 12.7 Å². The quantitative estimate of drug-likeness (QED) is 0.770. The lowest BCUT2D eigenvalue weighted by atomic mass is 10.2. The number of halogens is 1. The molecule has 6 nitrogen and oxygen atoms in total. The largest absolute Gasteiger partial charge is 0.369 e. The Morgan fingerprint density at radius 3 is 3.00 bits per heavy atom. The summed E-state index contributed by atoms with van der Waals surface area (Å²) in [7, 11) is 0. The van der Waals surface area contributed by atoms with Crippen LogP contribution < -0.4 is 10.6 Å². The van der Waals surface area contributed by atoms with Crippen molar-refractivity contribution in [1.29, 1.82) is 0 Å². The van der Waals surface area contributed by atoms with Gasteiger partial charge in [-0.15, -0.1) is 0 Å². The fourth-order valence-electron chi connectivity index (χ4n) is 1.51. The Kier molecular flexibility index (Phi) is 4.07. The van der Waals surface area contributed by atoms with E-state index in [2.05, 4.69) is 25.8 Å². The summed E-state index contributed by atoms with van der Waals surface area (Å²) in [5.41, 5.74) is 0.672. The monoisotopic (exact) mass is 263 g/mol. The lowest BCUT2D eigenvalue weighted by molar-refractivity contribution is 0.102. The van der Waals surface area contributed by atoms with Crippen LogP contribution in [0.5, 0.6) is 0 Å². The molecule has 0 atom stereocenters. The second-order valence-electron chi connectivity index (χ2n) is 3.92. The van der Waals surface area contributed by atoms with Gasteiger partial charge >= 0.3 is 0 Å². The van der Waals surface area contributed by atoms with Gasteiger partial charge in [0.25, 0.3) is 5.91 Å². The lowest BCUT2D eigenvalue weighted by Gasteiger charge is -2.10. The summed E-state index contributed by atoms with van der Waals surface area (Å²) >= 11 is 0. The molecule has 2 aromatic heterocycles. The number of aromatic amines is 1. The maximum atomic E-state index is 13.2. The van der Waals surface area contributed by atoms with Crippen LogP contribution in [-0.2, 0) is 0 Å². The summed E-state index contributed by atoms with van der Waals surface area (Å²) in [5, 5.41) is 11.9. The Labute approximate surface area is 109 Å². The topological polar surface area (TPSA) is 82.7 Å². The van der Waals surface area contributed by atoms with Gasteiger partial charge in [-0.2, -0.15) is 5.10 Å². The Bertz CT molecular complexity index is 555. The summed E-state index contributed by atoms with van der Waals surface area (Å²) in [6, 6.07) is 1.15. The fourth-order valence-corrected chi connectivity index (χ4v) is 1.51. The first-order valence-corrected chi connectivity index (χ1v) is 5.90. The SMILES string of the molecule is CCCNc1ncc(F)cc1C(=O)Nc1cn[nH]c1. The summed E-state index contributed by atoms with van der Waals surface area (Å²) < 4.78 is 13.2. The van der Waals surface area contributed by atoms with E-state index in [1.165, 1.54) is 12.4 Å². The Balaban J connectivity index is 2.21. The van der Waals surface area contributed by atoms with Gasteiger partial charge in [0.1, 0.15) is 11.6 Å². The Morgan fingerprint density at radius 1 is 1.47 bits per heavy atom. The number of carbonyl (C=O) groups excluding carboxylic acids is 1. The molecule has 7 heteroatoms. The Morgan fingerprint density at radius 2 is 2.32 bits per heavy atom. The first-order chi connectivity index (χ1) is 9.20. The van der Waals surface area contributed by atoms with E-state index in [9.17, 15) is 9.18 Å². The third-order valence-electron chi connectivity index (χ3n) is 2.40. The van der Waals surface area contributed by atoms with E-state index in [-0.39, 0.29) is 5.56 Å². The van der Waals surface area contributed by atoms with Crippen LogP contribution in [0.25, 0.3) is 0 Å². The van der Waals surface area contributed by atoms with Crippen molar-refractivity contribution in [1.82, 2.24) is 15.2 Å². The van der Waals surface area contributed by atoms with Crippen LogP contribution in [0.1, 0.15) is 23.7 Å². The van der Waals surface area contributed by atoms with Gasteiger partial charge in [-0.25, -0.2) is 9.37 Å². The maximum absolute atomic E-state index is 13.2. The van der Waals surface area contributed by atoms with Crippen LogP contribution in [0, 0.1) is 5.82 Å². The van der Waals surface area contributed by atoms with E-state index in [0.717, 1.165) is 18.7 Å². The lowest BCUT2D eigenvalue weighted by Crippen LogP contribution is -2.16. The second-order valence-corrected chi connectivity index (χ2v) is 3.92. The van der Waals surface area contributed by atoms with E-state index in [1.54, 1.807) is 0 Å². The normalized spacial score (nSPS) is 10.2. The first-order valence-electron chi connectivity index (χ1n) is 5.90. The van der Waals surface area contributed by atoms with Crippen LogP contribution in [-0.4, -0.2) is 27.6 Å². The zero-order valence-corrected chi connectivity index (χ0v) is 10.4. The molecule has 100 valence electrons. The van der Waals surface area contributed by atoms with E-state index >= 15 is 0 Å². The molecule has 2 aromatic rings. The minimum absolute atomic E-state index is 0.162. The minimum Gasteiger partial charge on any atom is -0.369 e. The molecular formula is C12H14FN5O. The second kappa shape index (κ2) is 5.94. The molecule has 0 radical (unpaired) electrons. The number of nitrogens with zero attached hydrogens (tertiary/aromatic N) is 2. The highest BCUT2D eigenvalue weighted by atomic mass is 19.1. The summed E-state index contributed by atoms with van der Waals surface area (Å²) in [6.45, 7) is 2.65. The van der Waals surface area contributed by atoms with Gasteiger partial charge in [0.15, 0.2) is 0 Å². The van der Waals surface area contributed by atoms with Gasteiger partial charge < -0.3 is 10.6 Å².